The van der Waals surface area contributed by atoms with Gasteiger partial charge in [-0.1, -0.05) is 74.7 Å². The first-order chi connectivity index (χ1) is 21.7. The highest BCUT2D eigenvalue weighted by molar-refractivity contribution is 7.90. The highest BCUT2D eigenvalue weighted by Gasteiger charge is 2.48. The number of rotatable bonds is 13. The van der Waals surface area contributed by atoms with Gasteiger partial charge in [-0.25, -0.2) is 17.5 Å². The van der Waals surface area contributed by atoms with E-state index in [9.17, 15) is 32.4 Å². The first-order valence-corrected chi connectivity index (χ1v) is 18.6. The molecule has 5 amide bonds. The van der Waals surface area contributed by atoms with E-state index < -0.39 is 79.3 Å². The number of nitrogens with zero attached hydrogens (tertiary/aromatic N) is 2. The number of nitrogens with one attached hydrogen (secondary N) is 3. The molecule has 13 nitrogen and oxygen atoms in total. The summed E-state index contributed by atoms with van der Waals surface area (Å²) in [6.07, 6.45) is 3.69. The predicted octanol–water partition coefficient (Wildman–Crippen LogP) is 2.78. The monoisotopic (exact) mass is 698 g/mol. The molecule has 1 aliphatic carbocycles. The molecule has 1 unspecified atom stereocenters. The van der Waals surface area contributed by atoms with Gasteiger partial charge in [-0.05, 0) is 62.2 Å². The lowest BCUT2D eigenvalue weighted by Gasteiger charge is -2.39. The Hall–Kier alpha value is -2.74. The van der Waals surface area contributed by atoms with Crippen molar-refractivity contribution in [3.8, 4) is 0 Å². The number of hydrogen-bond donors (Lipinski definition) is 4. The fourth-order valence-corrected chi connectivity index (χ4v) is 7.60. The van der Waals surface area contributed by atoms with Gasteiger partial charge in [0.15, 0.2) is 0 Å². The van der Waals surface area contributed by atoms with Crippen molar-refractivity contribution in [1.29, 1.82) is 0 Å². The Morgan fingerprint density at radius 3 is 1.85 bits per heavy atom. The maximum Gasteiger partial charge on any atom is 0.315 e. The first kappa shape index (κ1) is 41.4. The summed E-state index contributed by atoms with van der Waals surface area (Å²) in [5.41, 5.74) is 4.02. The van der Waals surface area contributed by atoms with Crippen molar-refractivity contribution in [1.82, 2.24) is 25.2 Å². The Balaban J connectivity index is 2.35. The highest BCUT2D eigenvalue weighted by atomic mass is 32.2. The van der Waals surface area contributed by atoms with E-state index in [1.54, 1.807) is 20.8 Å². The fraction of sp³-hybridized carbons (Fsp3) is 0.853. The molecule has 276 valence electrons. The Morgan fingerprint density at radius 1 is 0.875 bits per heavy atom. The number of carbonyl (C=O) groups excluding carboxylic acids is 5. The molecule has 0 aromatic rings. The van der Waals surface area contributed by atoms with Gasteiger partial charge in [-0.2, -0.15) is 0 Å². The molecule has 2 rings (SSSR count). The summed E-state index contributed by atoms with van der Waals surface area (Å²) in [5, 5.41) is 8.53. The van der Waals surface area contributed by atoms with Crippen molar-refractivity contribution < 1.29 is 32.4 Å². The number of ketones is 1. The van der Waals surface area contributed by atoms with Gasteiger partial charge in [0.1, 0.15) is 12.1 Å². The predicted molar refractivity (Wildman–Crippen MR) is 186 cm³/mol. The second-order valence-electron chi connectivity index (χ2n) is 17.2. The number of urea groups is 1. The molecule has 0 radical (unpaired) electrons. The van der Waals surface area contributed by atoms with Crippen molar-refractivity contribution in [3.05, 3.63) is 0 Å². The molecule has 0 aromatic heterocycles. The molecular formula is C34H62N6O7S. The average Bonchev–Trinajstić information content (AvgIpc) is 3.35. The lowest BCUT2D eigenvalue weighted by Crippen LogP contribution is -2.62. The van der Waals surface area contributed by atoms with Crippen LogP contribution in [0.2, 0.25) is 0 Å². The zero-order valence-corrected chi connectivity index (χ0v) is 32.0. The number of amides is 5. The third kappa shape index (κ3) is 10.1. The summed E-state index contributed by atoms with van der Waals surface area (Å²) in [4.78, 5) is 67.9. The summed E-state index contributed by atoms with van der Waals surface area (Å²) in [6.45, 7) is 20.2. The van der Waals surface area contributed by atoms with Gasteiger partial charge in [-0.3, -0.25) is 19.2 Å². The van der Waals surface area contributed by atoms with Crippen molar-refractivity contribution in [2.75, 3.05) is 20.1 Å². The molecular weight excluding hydrogens is 636 g/mol. The number of sulfonamides is 1. The van der Waals surface area contributed by atoms with Gasteiger partial charge in [0.25, 0.3) is 5.91 Å². The normalized spacial score (nSPS) is 21.3. The summed E-state index contributed by atoms with van der Waals surface area (Å²) in [7, 11) is -2.19. The topological polar surface area (TPSA) is 188 Å². The van der Waals surface area contributed by atoms with Crippen LogP contribution in [-0.4, -0.2) is 96.2 Å². The standard InChI is InChI=1S/C34H62N6O7S/c1-20(2)22-16-17-40(25(22)29(43)36-23(26(41)28(35)42)18-21-14-13-15-21)30(44)27(33(6,7)8)38-31(45)37-24(32(3,4)5)19-39(12)48(46,47)34(9,10)11/h20-25,27H,13-19H2,1-12H3,(H2,35,42)(H,36,43)(H2,37,38,45)/t22-,23?,24-,25+,27-/m1/s1. The van der Waals surface area contributed by atoms with Crippen LogP contribution in [0.1, 0.15) is 108 Å². The van der Waals surface area contributed by atoms with E-state index in [1.807, 2.05) is 55.4 Å². The second kappa shape index (κ2) is 15.4. The van der Waals surface area contributed by atoms with Crippen LogP contribution in [-0.2, 0) is 29.2 Å². The van der Waals surface area contributed by atoms with Crippen molar-refractivity contribution in [2.24, 2.45) is 34.3 Å². The van der Waals surface area contributed by atoms with Crippen LogP contribution in [0.3, 0.4) is 0 Å². The molecule has 5 N–H and O–H groups in total. The van der Waals surface area contributed by atoms with Crippen molar-refractivity contribution in [3.63, 3.8) is 0 Å². The molecule has 2 fully saturated rings. The maximum absolute atomic E-state index is 14.3. The zero-order chi connectivity index (χ0) is 37.2. The van der Waals surface area contributed by atoms with E-state index in [0.29, 0.717) is 12.8 Å². The molecule has 5 atom stereocenters. The smallest absolute Gasteiger partial charge is 0.315 e. The van der Waals surface area contributed by atoms with Gasteiger partial charge in [0, 0.05) is 26.2 Å². The second-order valence-corrected chi connectivity index (χ2v) is 20.0. The van der Waals surface area contributed by atoms with E-state index in [4.69, 9.17) is 5.73 Å². The van der Waals surface area contributed by atoms with Gasteiger partial charge in [0.05, 0.1) is 10.8 Å². The molecule has 2 aliphatic rings. The largest absolute Gasteiger partial charge is 0.363 e. The van der Waals surface area contributed by atoms with E-state index in [0.717, 1.165) is 19.3 Å². The fourth-order valence-electron chi connectivity index (χ4n) is 6.32. The van der Waals surface area contributed by atoms with Crippen LogP contribution < -0.4 is 21.7 Å². The molecule has 48 heavy (non-hydrogen) atoms. The molecule has 1 saturated carbocycles. The number of hydrogen-bond acceptors (Lipinski definition) is 7. The third-order valence-corrected chi connectivity index (χ3v) is 12.4. The SMILES string of the molecule is CC(C)[C@H]1CCN(C(=O)[C@@H](NC(=O)N[C@H](CN(C)S(=O)(=O)C(C)(C)C)C(C)(C)C)C(C)(C)C)[C@@H]1C(=O)NC(CC1CCC1)C(=O)C(N)=O. The van der Waals surface area contributed by atoms with Crippen molar-refractivity contribution >= 4 is 39.6 Å². The number of nitrogens with two attached hydrogens (primary N) is 1. The highest BCUT2D eigenvalue weighted by Crippen LogP contribution is 2.35. The summed E-state index contributed by atoms with van der Waals surface area (Å²) in [6, 6.07) is -4.29. The van der Waals surface area contributed by atoms with E-state index in [1.165, 1.54) is 16.3 Å². The summed E-state index contributed by atoms with van der Waals surface area (Å²) >= 11 is 0. The summed E-state index contributed by atoms with van der Waals surface area (Å²) < 4.78 is 26.4. The molecule has 1 heterocycles. The van der Waals surface area contributed by atoms with Crippen LogP contribution >= 0.6 is 0 Å². The minimum absolute atomic E-state index is 0.0150. The molecule has 1 saturated heterocycles. The van der Waals surface area contributed by atoms with Gasteiger partial charge in [0.2, 0.25) is 27.6 Å². The van der Waals surface area contributed by atoms with Crippen LogP contribution in [0.5, 0.6) is 0 Å². The molecule has 14 heteroatoms. The van der Waals surface area contributed by atoms with E-state index in [-0.39, 0.29) is 30.8 Å². The maximum atomic E-state index is 14.3. The van der Waals surface area contributed by atoms with Gasteiger partial charge < -0.3 is 26.6 Å². The molecule has 0 spiro atoms. The van der Waals surface area contributed by atoms with Crippen molar-refractivity contribution in [2.45, 2.75) is 137 Å². The van der Waals surface area contributed by atoms with E-state index in [2.05, 4.69) is 16.0 Å². The summed E-state index contributed by atoms with van der Waals surface area (Å²) in [5.74, 6) is -2.93. The Labute approximate surface area is 288 Å². The zero-order valence-electron chi connectivity index (χ0n) is 31.2. The number of carbonyl (C=O) groups is 5. The van der Waals surface area contributed by atoms with Gasteiger partial charge >= 0.3 is 6.03 Å². The van der Waals surface area contributed by atoms with Crippen LogP contribution in [0.25, 0.3) is 0 Å². The van der Waals surface area contributed by atoms with Gasteiger partial charge in [-0.15, -0.1) is 0 Å². The first-order valence-electron chi connectivity index (χ1n) is 17.2. The number of Topliss-reactive ketones (excluding diaryl/α,β-unsaturated/α-hetero) is 1. The number of likely N-dealkylation sites (N-methyl/N-ethyl adjacent to an activating group) is 1. The minimum Gasteiger partial charge on any atom is -0.363 e. The third-order valence-electron chi connectivity index (χ3n) is 9.89. The number of likely N-dealkylation sites (tertiary alicyclic amines) is 1. The molecule has 0 aromatic carbocycles. The van der Waals surface area contributed by atoms with Crippen LogP contribution in [0, 0.1) is 28.6 Å². The Morgan fingerprint density at radius 2 is 1.44 bits per heavy atom. The Bertz CT molecular complexity index is 1310. The lowest BCUT2D eigenvalue weighted by molar-refractivity contribution is -0.144. The van der Waals surface area contributed by atoms with E-state index >= 15 is 0 Å². The minimum atomic E-state index is -3.67. The van der Waals surface area contributed by atoms with Crippen LogP contribution in [0.4, 0.5) is 4.79 Å². The quantitative estimate of drug-likeness (QED) is 0.213. The number of primary amides is 1. The Kier molecular flexibility index (Phi) is 13.3. The average molecular weight is 699 g/mol. The molecule has 0 bridgehead atoms. The lowest BCUT2D eigenvalue weighted by atomic mass is 9.80. The molecule has 1 aliphatic heterocycles. The van der Waals surface area contributed by atoms with Crippen LogP contribution in [0.15, 0.2) is 0 Å².